The number of hydrogen-bond donors (Lipinski definition) is 1. The second-order valence-corrected chi connectivity index (χ2v) is 4.29. The molecule has 0 unspecified atom stereocenters. The number of nitrogens with zero attached hydrogens (tertiary/aromatic N) is 3. The van der Waals surface area contributed by atoms with E-state index in [2.05, 4.69) is 10.3 Å². The molecule has 1 N–H and O–H groups in total. The number of ether oxygens (including phenoxy) is 1. The Labute approximate surface area is 101 Å². The lowest BCUT2D eigenvalue weighted by Gasteiger charge is -2.17. The van der Waals surface area contributed by atoms with Crippen molar-refractivity contribution >= 4 is 11.9 Å². The highest BCUT2D eigenvalue weighted by Crippen LogP contribution is 2.21. The maximum atomic E-state index is 11.4. The zero-order valence-corrected chi connectivity index (χ0v) is 10.5. The third-order valence-corrected chi connectivity index (χ3v) is 2.88. The minimum absolute atomic E-state index is 0.229. The van der Waals surface area contributed by atoms with E-state index in [0.29, 0.717) is 0 Å². The Morgan fingerprint density at radius 1 is 1.59 bits per heavy atom. The normalized spacial score (nSPS) is 14.3. The highest BCUT2D eigenvalue weighted by Gasteiger charge is 2.22. The Morgan fingerprint density at radius 2 is 2.35 bits per heavy atom. The number of rotatable bonds is 3. The van der Waals surface area contributed by atoms with Crippen LogP contribution >= 0.6 is 0 Å². The number of carbonyl (C=O) groups excluding carboxylic acids is 1. The average Bonchev–Trinajstić information content (AvgIpc) is 2.68. The summed E-state index contributed by atoms with van der Waals surface area (Å²) in [5, 5.41) is 3.28. The van der Waals surface area contributed by atoms with Crippen LogP contribution in [-0.2, 0) is 29.0 Å². The number of imidazole rings is 1. The van der Waals surface area contributed by atoms with Crippen LogP contribution < -0.4 is 10.2 Å². The van der Waals surface area contributed by atoms with Gasteiger partial charge in [0.2, 0.25) is 5.95 Å². The Morgan fingerprint density at radius 3 is 3.00 bits per heavy atom. The van der Waals surface area contributed by atoms with Crippen molar-refractivity contribution in [1.82, 2.24) is 14.9 Å². The van der Waals surface area contributed by atoms with Crippen molar-refractivity contribution in [3.05, 3.63) is 11.4 Å². The fourth-order valence-electron chi connectivity index (χ4n) is 2.06. The van der Waals surface area contributed by atoms with Crippen molar-refractivity contribution in [2.45, 2.75) is 19.5 Å². The maximum Gasteiger partial charge on any atom is 0.325 e. The molecule has 2 rings (SSSR count). The number of nitrogens with one attached hydrogen (secondary N) is 1. The van der Waals surface area contributed by atoms with Crippen LogP contribution in [-0.4, -0.2) is 43.3 Å². The number of fused-ring (bicyclic) bond motifs is 1. The molecule has 1 aromatic rings. The van der Waals surface area contributed by atoms with Gasteiger partial charge in [0.1, 0.15) is 6.54 Å². The first-order valence-corrected chi connectivity index (χ1v) is 5.66. The maximum absolute atomic E-state index is 11.4. The molecule has 0 fully saturated rings. The Balaban J connectivity index is 2.38. The van der Waals surface area contributed by atoms with E-state index in [-0.39, 0.29) is 12.5 Å². The van der Waals surface area contributed by atoms with Gasteiger partial charge >= 0.3 is 5.97 Å². The summed E-state index contributed by atoms with van der Waals surface area (Å²) in [6, 6.07) is 0. The van der Waals surface area contributed by atoms with Crippen molar-refractivity contribution in [3.8, 4) is 0 Å². The van der Waals surface area contributed by atoms with Crippen LogP contribution in [0.15, 0.2) is 0 Å². The van der Waals surface area contributed by atoms with Gasteiger partial charge in [-0.05, 0) is 0 Å². The molecule has 6 nitrogen and oxygen atoms in total. The largest absolute Gasteiger partial charge is 0.468 e. The summed E-state index contributed by atoms with van der Waals surface area (Å²) in [5.41, 5.74) is 2.17. The number of carbonyl (C=O) groups is 1. The third-order valence-electron chi connectivity index (χ3n) is 2.88. The van der Waals surface area contributed by atoms with Crippen LogP contribution in [0.1, 0.15) is 11.4 Å². The predicted molar refractivity (Wildman–Crippen MR) is 64.0 cm³/mol. The first-order valence-electron chi connectivity index (χ1n) is 5.66. The predicted octanol–water partition coefficient (Wildman–Crippen LogP) is -0.232. The van der Waals surface area contributed by atoms with Crippen molar-refractivity contribution in [3.63, 3.8) is 0 Å². The molecule has 1 aliphatic rings. The molecule has 0 saturated heterocycles. The van der Waals surface area contributed by atoms with Gasteiger partial charge in [-0.1, -0.05) is 0 Å². The van der Waals surface area contributed by atoms with Gasteiger partial charge in [-0.25, -0.2) is 4.98 Å². The third kappa shape index (κ3) is 2.26. The van der Waals surface area contributed by atoms with Crippen LogP contribution in [0.5, 0.6) is 0 Å². The summed E-state index contributed by atoms with van der Waals surface area (Å²) < 4.78 is 6.67. The summed E-state index contributed by atoms with van der Waals surface area (Å²) in [5.74, 6) is 0.566. The standard InChI is InChI=1S/C11H18N4O2/c1-14(2)11-13-8-6-12-5-4-9(8)15(11)7-10(16)17-3/h12H,4-7H2,1-3H3. The summed E-state index contributed by atoms with van der Waals surface area (Å²) in [4.78, 5) is 17.9. The first-order chi connectivity index (χ1) is 8.13. The Hall–Kier alpha value is -1.56. The molecule has 0 aromatic carbocycles. The lowest BCUT2D eigenvalue weighted by molar-refractivity contribution is -0.141. The number of aromatic nitrogens is 2. The minimum Gasteiger partial charge on any atom is -0.468 e. The van der Waals surface area contributed by atoms with Gasteiger partial charge in [0.05, 0.1) is 12.8 Å². The number of hydrogen-bond acceptors (Lipinski definition) is 5. The van der Waals surface area contributed by atoms with Crippen LogP contribution in [0.2, 0.25) is 0 Å². The lowest BCUT2D eigenvalue weighted by atomic mass is 10.2. The average molecular weight is 238 g/mol. The van der Waals surface area contributed by atoms with Gasteiger partial charge < -0.3 is 19.5 Å². The number of esters is 1. The highest BCUT2D eigenvalue weighted by atomic mass is 16.5. The quantitative estimate of drug-likeness (QED) is 0.737. The van der Waals surface area contributed by atoms with Gasteiger partial charge in [-0.2, -0.15) is 0 Å². The van der Waals surface area contributed by atoms with Gasteiger partial charge in [0, 0.05) is 39.3 Å². The van der Waals surface area contributed by atoms with E-state index in [1.807, 2.05) is 23.6 Å². The Bertz CT molecular complexity index is 425. The van der Waals surface area contributed by atoms with Crippen molar-refractivity contribution in [2.24, 2.45) is 0 Å². The molecule has 0 amide bonds. The SMILES string of the molecule is COC(=O)Cn1c(N(C)C)nc2c1CCNC2. The zero-order valence-electron chi connectivity index (χ0n) is 10.5. The van der Waals surface area contributed by atoms with Crippen molar-refractivity contribution in [2.75, 3.05) is 32.6 Å². The van der Waals surface area contributed by atoms with E-state index < -0.39 is 0 Å². The first kappa shape index (κ1) is 11.9. The van der Waals surface area contributed by atoms with E-state index in [4.69, 9.17) is 4.74 Å². The summed E-state index contributed by atoms with van der Waals surface area (Å²) in [7, 11) is 5.26. The molecule has 94 valence electrons. The van der Waals surface area contributed by atoms with Crippen molar-refractivity contribution < 1.29 is 9.53 Å². The van der Waals surface area contributed by atoms with Crippen LogP contribution in [0, 0.1) is 0 Å². The van der Waals surface area contributed by atoms with Crippen molar-refractivity contribution in [1.29, 1.82) is 0 Å². The molecule has 2 heterocycles. The smallest absolute Gasteiger partial charge is 0.325 e. The lowest BCUT2D eigenvalue weighted by Crippen LogP contribution is -2.26. The molecule has 6 heteroatoms. The molecule has 0 bridgehead atoms. The molecule has 1 aliphatic heterocycles. The molecule has 0 saturated carbocycles. The fraction of sp³-hybridized carbons (Fsp3) is 0.636. The molecule has 0 radical (unpaired) electrons. The molecular weight excluding hydrogens is 220 g/mol. The molecule has 0 aliphatic carbocycles. The van der Waals surface area contributed by atoms with E-state index in [1.54, 1.807) is 0 Å². The zero-order chi connectivity index (χ0) is 12.4. The molecule has 1 aromatic heterocycles. The van der Waals surface area contributed by atoms with Crippen LogP contribution in [0.3, 0.4) is 0 Å². The van der Waals surface area contributed by atoms with Gasteiger partial charge in [0.15, 0.2) is 0 Å². The van der Waals surface area contributed by atoms with E-state index in [9.17, 15) is 4.79 Å². The summed E-state index contributed by atoms with van der Waals surface area (Å²) in [6.07, 6.45) is 0.896. The summed E-state index contributed by atoms with van der Waals surface area (Å²) >= 11 is 0. The van der Waals surface area contributed by atoms with E-state index >= 15 is 0 Å². The molecule has 0 spiro atoms. The summed E-state index contributed by atoms with van der Waals surface area (Å²) in [6.45, 7) is 1.92. The van der Waals surface area contributed by atoms with Crippen LogP contribution in [0.4, 0.5) is 5.95 Å². The van der Waals surface area contributed by atoms with Gasteiger partial charge in [-0.15, -0.1) is 0 Å². The molecule has 17 heavy (non-hydrogen) atoms. The second-order valence-electron chi connectivity index (χ2n) is 4.29. The van der Waals surface area contributed by atoms with Gasteiger partial charge in [0.25, 0.3) is 0 Å². The molecular formula is C11H18N4O2. The van der Waals surface area contributed by atoms with Crippen LogP contribution in [0.25, 0.3) is 0 Å². The molecule has 0 atom stereocenters. The monoisotopic (exact) mass is 238 g/mol. The van der Waals surface area contributed by atoms with Gasteiger partial charge in [-0.3, -0.25) is 4.79 Å². The fourth-order valence-corrected chi connectivity index (χ4v) is 2.06. The number of methoxy groups -OCH3 is 1. The number of anilines is 1. The highest BCUT2D eigenvalue weighted by molar-refractivity contribution is 5.70. The minimum atomic E-state index is -0.244. The second kappa shape index (κ2) is 4.75. The topological polar surface area (TPSA) is 59.4 Å². The van der Waals surface area contributed by atoms with E-state index in [0.717, 1.165) is 36.8 Å². The Kier molecular flexibility index (Phi) is 3.33. The van der Waals surface area contributed by atoms with E-state index in [1.165, 1.54) is 7.11 Å².